The van der Waals surface area contributed by atoms with Crippen LogP contribution in [0.4, 0.5) is 0 Å². The molecule has 1 atom stereocenters. The van der Waals surface area contributed by atoms with Crippen molar-refractivity contribution in [2.45, 2.75) is 19.0 Å². The largest absolute Gasteiger partial charge is 0.507 e. The summed E-state index contributed by atoms with van der Waals surface area (Å²) in [6.07, 6.45) is 5.76. The van der Waals surface area contributed by atoms with Gasteiger partial charge in [-0.2, -0.15) is 0 Å². The Kier molecular flexibility index (Phi) is 6.50. The minimum atomic E-state index is -0.828. The van der Waals surface area contributed by atoms with Crippen LogP contribution in [0.15, 0.2) is 71.2 Å². The lowest BCUT2D eigenvalue weighted by atomic mass is 9.95. The molecule has 170 valence electrons. The first-order valence-corrected chi connectivity index (χ1v) is 11.1. The van der Waals surface area contributed by atoms with Gasteiger partial charge in [0.05, 0.1) is 25.1 Å². The van der Waals surface area contributed by atoms with E-state index in [-0.39, 0.29) is 29.4 Å². The second-order valence-electron chi connectivity index (χ2n) is 7.58. The van der Waals surface area contributed by atoms with E-state index >= 15 is 0 Å². The number of aryl methyl sites for hydroxylation is 1. The van der Waals surface area contributed by atoms with E-state index in [0.29, 0.717) is 24.1 Å². The molecule has 2 N–H and O–H groups in total. The zero-order chi connectivity index (χ0) is 23.5. The summed E-state index contributed by atoms with van der Waals surface area (Å²) in [4.78, 5) is 31.6. The molecule has 0 saturated carbocycles. The summed E-state index contributed by atoms with van der Waals surface area (Å²) < 4.78 is 7.93. The number of nitrogens with zero attached hydrogens (tertiary/aromatic N) is 3. The fraction of sp³-hybridized carbons (Fsp3) is 0.208. The second-order valence-corrected chi connectivity index (χ2v) is 8.50. The summed E-state index contributed by atoms with van der Waals surface area (Å²) in [6, 6.07) is 10.6. The van der Waals surface area contributed by atoms with Gasteiger partial charge < -0.3 is 24.4 Å². The summed E-state index contributed by atoms with van der Waals surface area (Å²) in [7, 11) is 1.42. The molecule has 1 aliphatic rings. The molecule has 0 bridgehead atoms. The third kappa shape index (κ3) is 4.49. The minimum Gasteiger partial charge on any atom is -0.507 e. The lowest BCUT2D eigenvalue weighted by Gasteiger charge is -2.26. The zero-order valence-electron chi connectivity index (χ0n) is 17.8. The van der Waals surface area contributed by atoms with E-state index in [2.05, 4.69) is 20.9 Å². The number of carbonyl (C=O) groups excluding carboxylic acids is 2. The predicted octanol–water partition coefficient (Wildman–Crippen LogP) is 3.87. The van der Waals surface area contributed by atoms with Crippen LogP contribution in [0.3, 0.4) is 0 Å². The highest BCUT2D eigenvalue weighted by molar-refractivity contribution is 9.10. The number of carbonyl (C=O) groups is 2. The zero-order valence-corrected chi connectivity index (χ0v) is 19.4. The number of phenolic OH excluding ortho intramolecular Hbond substituents is 1. The van der Waals surface area contributed by atoms with Crippen molar-refractivity contribution >= 4 is 33.4 Å². The molecule has 2 aromatic carbocycles. The number of ketones is 1. The van der Waals surface area contributed by atoms with Gasteiger partial charge in [-0.3, -0.25) is 9.59 Å². The van der Waals surface area contributed by atoms with Crippen LogP contribution in [0.25, 0.3) is 5.76 Å². The van der Waals surface area contributed by atoms with Crippen LogP contribution in [-0.4, -0.2) is 50.0 Å². The normalized spacial score (nSPS) is 17.5. The Morgan fingerprint density at radius 2 is 1.91 bits per heavy atom. The lowest BCUT2D eigenvalue weighted by molar-refractivity contribution is -0.139. The first kappa shape index (κ1) is 22.6. The monoisotopic (exact) mass is 511 g/mol. The summed E-state index contributed by atoms with van der Waals surface area (Å²) in [5, 5.41) is 21.1. The van der Waals surface area contributed by atoms with Crippen molar-refractivity contribution in [2.24, 2.45) is 0 Å². The van der Waals surface area contributed by atoms with Crippen LogP contribution >= 0.6 is 15.9 Å². The number of phenols is 1. The first-order chi connectivity index (χ1) is 15.9. The Morgan fingerprint density at radius 1 is 1.15 bits per heavy atom. The molecule has 1 saturated heterocycles. The standard InChI is InChI=1S/C24H22BrN3O5/c1-33-19-13-16(5-8-18(19)29)21-20(22(30)15-3-6-17(25)7-4-15)23(31)24(32)28(21)11-2-10-27-12-9-26-14-27/h3-9,12-14,21,29-30H,2,10-11H2,1H3/b22-20+/t21-/m1/s1. The number of imidazole rings is 1. The minimum absolute atomic E-state index is 0.00213. The molecule has 1 amide bonds. The Morgan fingerprint density at radius 3 is 2.58 bits per heavy atom. The third-order valence-electron chi connectivity index (χ3n) is 5.55. The predicted molar refractivity (Wildman–Crippen MR) is 125 cm³/mol. The average molecular weight is 512 g/mol. The number of aliphatic hydroxyl groups is 1. The van der Waals surface area contributed by atoms with Gasteiger partial charge in [0.25, 0.3) is 11.7 Å². The van der Waals surface area contributed by atoms with Crippen molar-refractivity contribution in [3.63, 3.8) is 0 Å². The number of hydrogen-bond acceptors (Lipinski definition) is 6. The third-order valence-corrected chi connectivity index (χ3v) is 6.08. The van der Waals surface area contributed by atoms with Crippen molar-refractivity contribution in [3.05, 3.63) is 82.4 Å². The maximum absolute atomic E-state index is 13.1. The molecule has 0 unspecified atom stereocenters. The van der Waals surface area contributed by atoms with Crippen LogP contribution in [0, 0.1) is 0 Å². The number of benzene rings is 2. The topological polar surface area (TPSA) is 105 Å². The molecule has 1 aromatic heterocycles. The number of methoxy groups -OCH3 is 1. The number of aromatic hydroxyl groups is 1. The molecule has 3 aromatic rings. The van der Waals surface area contributed by atoms with E-state index in [1.165, 1.54) is 18.1 Å². The smallest absolute Gasteiger partial charge is 0.295 e. The number of aromatic nitrogens is 2. The van der Waals surface area contributed by atoms with Crippen molar-refractivity contribution in [1.82, 2.24) is 14.5 Å². The molecule has 1 aliphatic heterocycles. The maximum atomic E-state index is 13.1. The van der Waals surface area contributed by atoms with Crippen molar-refractivity contribution in [3.8, 4) is 11.5 Å². The molecule has 0 spiro atoms. The Hall–Kier alpha value is -3.59. The Labute approximate surface area is 198 Å². The number of rotatable bonds is 7. The van der Waals surface area contributed by atoms with Gasteiger partial charge in [0.15, 0.2) is 11.5 Å². The number of hydrogen-bond donors (Lipinski definition) is 2. The van der Waals surface area contributed by atoms with Crippen LogP contribution in [0.1, 0.15) is 23.6 Å². The number of aliphatic hydroxyl groups excluding tert-OH is 1. The molecule has 8 nitrogen and oxygen atoms in total. The number of amides is 1. The molecule has 0 aliphatic carbocycles. The molecule has 4 rings (SSSR count). The van der Waals surface area contributed by atoms with Gasteiger partial charge in [-0.15, -0.1) is 0 Å². The van der Waals surface area contributed by atoms with Gasteiger partial charge >= 0.3 is 0 Å². The highest BCUT2D eigenvalue weighted by Crippen LogP contribution is 2.41. The van der Waals surface area contributed by atoms with Crippen molar-refractivity contribution < 1.29 is 24.5 Å². The van der Waals surface area contributed by atoms with Crippen LogP contribution in [0.2, 0.25) is 0 Å². The van der Waals surface area contributed by atoms with Gasteiger partial charge in [0, 0.05) is 35.5 Å². The fourth-order valence-corrected chi connectivity index (χ4v) is 4.19. The van der Waals surface area contributed by atoms with Crippen molar-refractivity contribution in [2.75, 3.05) is 13.7 Å². The van der Waals surface area contributed by atoms with Crippen molar-refractivity contribution in [1.29, 1.82) is 0 Å². The highest BCUT2D eigenvalue weighted by atomic mass is 79.9. The van der Waals surface area contributed by atoms with E-state index in [9.17, 15) is 19.8 Å². The average Bonchev–Trinajstić information content (AvgIpc) is 3.42. The van der Waals surface area contributed by atoms with Gasteiger partial charge in [0.1, 0.15) is 5.76 Å². The van der Waals surface area contributed by atoms with Gasteiger partial charge in [-0.25, -0.2) is 4.98 Å². The molecule has 0 radical (unpaired) electrons. The molecular formula is C24H22BrN3O5. The van der Waals surface area contributed by atoms with Crippen LogP contribution < -0.4 is 4.74 Å². The quantitative estimate of drug-likeness (QED) is 0.283. The fourth-order valence-electron chi connectivity index (χ4n) is 3.93. The Balaban J connectivity index is 1.76. The van der Waals surface area contributed by atoms with Gasteiger partial charge in [-0.05, 0) is 36.2 Å². The van der Waals surface area contributed by atoms with Gasteiger partial charge in [-0.1, -0.05) is 34.1 Å². The number of halogens is 1. The summed E-state index contributed by atoms with van der Waals surface area (Å²) in [5.41, 5.74) is 0.966. The summed E-state index contributed by atoms with van der Waals surface area (Å²) in [5.74, 6) is -1.55. The van der Waals surface area contributed by atoms with Crippen LogP contribution in [0.5, 0.6) is 11.5 Å². The molecule has 33 heavy (non-hydrogen) atoms. The van der Waals surface area contributed by atoms with E-state index in [4.69, 9.17) is 4.74 Å². The molecular weight excluding hydrogens is 490 g/mol. The number of Topliss-reactive ketones (excluding diaryl/α,β-unsaturated/α-hetero) is 1. The molecule has 1 fully saturated rings. The van der Waals surface area contributed by atoms with E-state index < -0.39 is 17.7 Å². The maximum Gasteiger partial charge on any atom is 0.295 e. The number of ether oxygens (including phenoxy) is 1. The van der Waals surface area contributed by atoms with Gasteiger partial charge in [0.2, 0.25) is 0 Å². The molecule has 9 heteroatoms. The summed E-state index contributed by atoms with van der Waals surface area (Å²) >= 11 is 3.35. The Bertz CT molecular complexity index is 1210. The summed E-state index contributed by atoms with van der Waals surface area (Å²) in [6.45, 7) is 0.898. The second kappa shape index (κ2) is 9.50. The first-order valence-electron chi connectivity index (χ1n) is 10.3. The molecule has 2 heterocycles. The van der Waals surface area contributed by atoms with Crippen LogP contribution in [-0.2, 0) is 16.1 Å². The van der Waals surface area contributed by atoms with E-state index in [0.717, 1.165) is 4.47 Å². The number of likely N-dealkylation sites (tertiary alicyclic amines) is 1. The SMILES string of the molecule is COc1cc([C@@H]2/C(=C(\O)c3ccc(Br)cc3)C(=O)C(=O)N2CCCn2ccnc2)ccc1O. The lowest BCUT2D eigenvalue weighted by Crippen LogP contribution is -2.31. The van der Waals surface area contributed by atoms with E-state index in [1.807, 2.05) is 10.8 Å². The van der Waals surface area contributed by atoms with E-state index in [1.54, 1.807) is 48.9 Å². The highest BCUT2D eigenvalue weighted by Gasteiger charge is 2.46.